The molecule has 8 heteroatoms. The van der Waals surface area contributed by atoms with Gasteiger partial charge in [0.2, 0.25) is 0 Å². The first-order chi connectivity index (χ1) is 6.86. The molecule has 0 aliphatic carbocycles. The average Bonchev–Trinajstić information content (AvgIpc) is 2.69. The van der Waals surface area contributed by atoms with Gasteiger partial charge < -0.3 is 5.32 Å². The highest BCUT2D eigenvalue weighted by atomic mass is 19.1. The van der Waals surface area contributed by atoms with E-state index in [9.17, 15) is 4.39 Å². The monoisotopic (exact) mass is 195 g/mol. The third kappa shape index (κ3) is 1.79. The van der Waals surface area contributed by atoms with Crippen LogP contribution in [-0.4, -0.2) is 30.6 Å². The van der Waals surface area contributed by atoms with Crippen LogP contribution >= 0.6 is 0 Å². The Kier molecular flexibility index (Phi) is 2.26. The van der Waals surface area contributed by atoms with Crippen LogP contribution in [0.15, 0.2) is 12.4 Å². The maximum absolute atomic E-state index is 12.9. The van der Waals surface area contributed by atoms with Gasteiger partial charge in [-0.2, -0.15) is 9.60 Å². The number of nitrogens with one attached hydrogen (secondary N) is 2. The predicted octanol–water partition coefficient (Wildman–Crippen LogP) is -0.259. The minimum Gasteiger partial charge on any atom is -0.359 e. The zero-order chi connectivity index (χ0) is 9.80. The molecule has 0 radical (unpaired) electrons. The van der Waals surface area contributed by atoms with E-state index in [1.807, 2.05) is 0 Å². The van der Waals surface area contributed by atoms with Crippen molar-refractivity contribution in [1.82, 2.24) is 30.6 Å². The van der Waals surface area contributed by atoms with E-state index in [-0.39, 0.29) is 12.4 Å². The van der Waals surface area contributed by atoms with Crippen molar-refractivity contribution < 1.29 is 4.39 Å². The second kappa shape index (κ2) is 3.73. The quantitative estimate of drug-likeness (QED) is 0.701. The van der Waals surface area contributed by atoms with Crippen LogP contribution in [0.3, 0.4) is 0 Å². The predicted molar refractivity (Wildman–Crippen MR) is 43.5 cm³/mol. The summed E-state index contributed by atoms with van der Waals surface area (Å²) in [6.07, 6.45) is 2.66. The maximum atomic E-state index is 12.9. The topological polar surface area (TPSA) is 92.3 Å². The maximum Gasteiger partial charge on any atom is 0.255 e. The van der Waals surface area contributed by atoms with E-state index >= 15 is 0 Å². The molecule has 14 heavy (non-hydrogen) atoms. The molecule has 0 saturated carbocycles. The third-order valence-corrected chi connectivity index (χ3v) is 1.46. The smallest absolute Gasteiger partial charge is 0.255 e. The van der Waals surface area contributed by atoms with Crippen molar-refractivity contribution in [2.75, 3.05) is 5.32 Å². The lowest BCUT2D eigenvalue weighted by Crippen LogP contribution is -2.05. The van der Waals surface area contributed by atoms with Gasteiger partial charge in [0.1, 0.15) is 0 Å². The molecule has 0 saturated heterocycles. The Balaban J connectivity index is 2.02. The van der Waals surface area contributed by atoms with Crippen LogP contribution in [0.1, 0.15) is 5.82 Å². The molecular weight excluding hydrogens is 189 g/mol. The molecule has 0 unspecified atom stereocenters. The molecule has 0 fully saturated rings. The van der Waals surface area contributed by atoms with Crippen LogP contribution in [0, 0.1) is 5.95 Å². The van der Waals surface area contributed by atoms with Crippen LogP contribution in [0.5, 0.6) is 0 Å². The molecule has 72 valence electrons. The van der Waals surface area contributed by atoms with Gasteiger partial charge in [0.05, 0.1) is 6.54 Å². The Labute approximate surface area is 77.8 Å². The molecule has 2 rings (SSSR count). The van der Waals surface area contributed by atoms with Crippen LogP contribution in [0.25, 0.3) is 0 Å². The van der Waals surface area contributed by atoms with Gasteiger partial charge in [0.15, 0.2) is 11.6 Å². The Bertz CT molecular complexity index is 400. The number of tetrazole rings is 1. The van der Waals surface area contributed by atoms with Gasteiger partial charge in [-0.3, -0.25) is 0 Å². The SMILES string of the molecule is Fc1nccnc1NCc1nn[nH]n1. The van der Waals surface area contributed by atoms with Crippen LogP contribution in [0.2, 0.25) is 0 Å². The molecule has 2 aromatic heterocycles. The van der Waals surface area contributed by atoms with E-state index in [0.717, 1.165) is 0 Å². The highest BCUT2D eigenvalue weighted by Crippen LogP contribution is 2.05. The average molecular weight is 195 g/mol. The number of aromatic amines is 1. The lowest BCUT2D eigenvalue weighted by atomic mass is 10.5. The molecule has 0 aliphatic rings. The molecule has 0 aromatic carbocycles. The van der Waals surface area contributed by atoms with Crippen LogP contribution in [-0.2, 0) is 6.54 Å². The fourth-order valence-electron chi connectivity index (χ4n) is 0.860. The highest BCUT2D eigenvalue weighted by molar-refractivity contribution is 5.31. The van der Waals surface area contributed by atoms with E-state index in [0.29, 0.717) is 5.82 Å². The van der Waals surface area contributed by atoms with E-state index in [1.165, 1.54) is 12.4 Å². The molecule has 2 N–H and O–H groups in total. The number of aromatic nitrogens is 6. The summed E-state index contributed by atoms with van der Waals surface area (Å²) < 4.78 is 12.9. The Morgan fingerprint density at radius 1 is 1.36 bits per heavy atom. The summed E-state index contributed by atoms with van der Waals surface area (Å²) in [6.45, 7) is 0.242. The number of nitrogens with zero attached hydrogens (tertiary/aromatic N) is 5. The number of halogens is 1. The molecule has 2 heterocycles. The van der Waals surface area contributed by atoms with Crippen molar-refractivity contribution in [3.63, 3.8) is 0 Å². The van der Waals surface area contributed by atoms with E-state index < -0.39 is 5.95 Å². The van der Waals surface area contributed by atoms with Crippen LogP contribution < -0.4 is 5.32 Å². The van der Waals surface area contributed by atoms with Crippen molar-refractivity contribution in [2.24, 2.45) is 0 Å². The number of rotatable bonds is 3. The molecule has 2 aromatic rings. The molecular formula is C6H6FN7. The Morgan fingerprint density at radius 3 is 2.93 bits per heavy atom. The van der Waals surface area contributed by atoms with Crippen molar-refractivity contribution >= 4 is 5.82 Å². The lowest BCUT2D eigenvalue weighted by molar-refractivity contribution is 0.580. The first-order valence-electron chi connectivity index (χ1n) is 3.79. The zero-order valence-electron chi connectivity index (χ0n) is 6.98. The van der Waals surface area contributed by atoms with Gasteiger partial charge in [0.25, 0.3) is 5.95 Å². The highest BCUT2D eigenvalue weighted by Gasteiger charge is 2.04. The zero-order valence-corrected chi connectivity index (χ0v) is 6.98. The Morgan fingerprint density at radius 2 is 2.21 bits per heavy atom. The van der Waals surface area contributed by atoms with Crippen molar-refractivity contribution in [3.05, 3.63) is 24.2 Å². The number of anilines is 1. The van der Waals surface area contributed by atoms with Gasteiger partial charge in [0, 0.05) is 12.4 Å². The first kappa shape index (κ1) is 8.48. The van der Waals surface area contributed by atoms with Crippen molar-refractivity contribution in [3.8, 4) is 0 Å². The molecule has 0 atom stereocenters. The van der Waals surface area contributed by atoms with Gasteiger partial charge >= 0.3 is 0 Å². The van der Waals surface area contributed by atoms with Gasteiger partial charge in [-0.25, -0.2) is 9.97 Å². The second-order valence-electron chi connectivity index (χ2n) is 2.38. The second-order valence-corrected chi connectivity index (χ2v) is 2.38. The van der Waals surface area contributed by atoms with Crippen LogP contribution in [0.4, 0.5) is 10.2 Å². The molecule has 0 spiro atoms. The fourth-order valence-corrected chi connectivity index (χ4v) is 0.860. The molecule has 0 bridgehead atoms. The molecule has 0 amide bonds. The summed E-state index contributed by atoms with van der Waals surface area (Å²) in [7, 11) is 0. The first-order valence-corrected chi connectivity index (χ1v) is 3.79. The van der Waals surface area contributed by atoms with Crippen molar-refractivity contribution in [1.29, 1.82) is 0 Å². The fraction of sp³-hybridized carbons (Fsp3) is 0.167. The normalized spacial score (nSPS) is 10.1. The molecule has 7 nitrogen and oxygen atoms in total. The summed E-state index contributed by atoms with van der Waals surface area (Å²) >= 11 is 0. The largest absolute Gasteiger partial charge is 0.359 e. The number of H-pyrrole nitrogens is 1. The lowest BCUT2D eigenvalue weighted by Gasteiger charge is -2.01. The summed E-state index contributed by atoms with van der Waals surface area (Å²) in [4.78, 5) is 7.17. The molecule has 0 aliphatic heterocycles. The van der Waals surface area contributed by atoms with E-state index in [4.69, 9.17) is 0 Å². The van der Waals surface area contributed by atoms with Crippen molar-refractivity contribution in [2.45, 2.75) is 6.54 Å². The van der Waals surface area contributed by atoms with E-state index in [1.54, 1.807) is 0 Å². The number of hydrogen-bond acceptors (Lipinski definition) is 6. The summed E-state index contributed by atoms with van der Waals surface area (Å²) in [5.74, 6) is -0.164. The summed E-state index contributed by atoms with van der Waals surface area (Å²) in [5.41, 5.74) is 0. The van der Waals surface area contributed by atoms with Gasteiger partial charge in [-0.05, 0) is 0 Å². The van der Waals surface area contributed by atoms with Gasteiger partial charge in [-0.15, -0.1) is 10.2 Å². The standard InChI is InChI=1S/C6H6FN7/c7-5-6(9-2-1-8-5)10-3-4-11-13-14-12-4/h1-2H,3H2,(H,9,10)(H,11,12,13,14). The summed E-state index contributed by atoms with van der Waals surface area (Å²) in [6, 6.07) is 0. The van der Waals surface area contributed by atoms with E-state index in [2.05, 4.69) is 35.9 Å². The van der Waals surface area contributed by atoms with Gasteiger partial charge in [-0.1, -0.05) is 5.21 Å². The number of hydrogen-bond donors (Lipinski definition) is 2. The summed E-state index contributed by atoms with van der Waals surface area (Å²) in [5, 5.41) is 15.7. The third-order valence-electron chi connectivity index (χ3n) is 1.46. The minimum absolute atomic E-state index is 0.0669. The minimum atomic E-state index is -0.656. The Hall–Kier alpha value is -2.12.